The second kappa shape index (κ2) is 6.21. The molecule has 2 nitrogen and oxygen atoms in total. The molecule has 0 saturated heterocycles. The summed E-state index contributed by atoms with van der Waals surface area (Å²) in [5, 5.41) is 0. The Kier molecular flexibility index (Phi) is 4.30. The summed E-state index contributed by atoms with van der Waals surface area (Å²) in [6.07, 6.45) is 1.03. The van der Waals surface area contributed by atoms with Crippen molar-refractivity contribution in [3.05, 3.63) is 52.8 Å². The van der Waals surface area contributed by atoms with Crippen molar-refractivity contribution in [2.75, 3.05) is 22.9 Å². The molecule has 0 unspecified atom stereocenters. The first-order chi connectivity index (χ1) is 10.6. The summed E-state index contributed by atoms with van der Waals surface area (Å²) in [5.41, 5.74) is 12.1. The van der Waals surface area contributed by atoms with E-state index in [-0.39, 0.29) is 5.82 Å². The molecular formula is C18H21FN2S. The Morgan fingerprint density at radius 2 is 2.00 bits per heavy atom. The fraction of sp³-hybridized carbons (Fsp3) is 0.333. The Bertz CT molecular complexity index is 682. The van der Waals surface area contributed by atoms with Crippen LogP contribution in [0.25, 0.3) is 0 Å². The van der Waals surface area contributed by atoms with E-state index in [9.17, 15) is 4.39 Å². The number of fused-ring (bicyclic) bond motifs is 1. The highest BCUT2D eigenvalue weighted by Gasteiger charge is 2.24. The number of hydrogen-bond acceptors (Lipinski definition) is 3. The smallest absolute Gasteiger partial charge is 0.123 e. The summed E-state index contributed by atoms with van der Waals surface area (Å²) in [7, 11) is 0. The molecule has 0 spiro atoms. The molecule has 0 aliphatic carbocycles. The summed E-state index contributed by atoms with van der Waals surface area (Å²) in [4.78, 5) is 3.62. The van der Waals surface area contributed by atoms with Gasteiger partial charge in [0.25, 0.3) is 0 Å². The predicted octanol–water partition coefficient (Wildman–Crippen LogP) is 4.39. The average Bonchev–Trinajstić information content (AvgIpc) is 2.89. The molecule has 0 amide bonds. The molecule has 0 bridgehead atoms. The minimum absolute atomic E-state index is 0.184. The van der Waals surface area contributed by atoms with E-state index >= 15 is 0 Å². The molecular weight excluding hydrogens is 295 g/mol. The van der Waals surface area contributed by atoms with Crippen LogP contribution < -0.4 is 10.6 Å². The molecule has 4 heteroatoms. The van der Waals surface area contributed by atoms with Crippen molar-refractivity contribution >= 4 is 23.1 Å². The molecule has 116 valence electrons. The minimum atomic E-state index is -0.184. The number of anilines is 2. The highest BCUT2D eigenvalue weighted by atomic mass is 32.2. The largest absolute Gasteiger partial charge is 0.398 e. The molecule has 1 aliphatic rings. The maximum absolute atomic E-state index is 13.0. The van der Waals surface area contributed by atoms with Crippen molar-refractivity contribution in [3.63, 3.8) is 0 Å². The maximum atomic E-state index is 13.0. The first-order valence-corrected chi connectivity index (χ1v) is 8.63. The Morgan fingerprint density at radius 1 is 1.27 bits per heavy atom. The lowest BCUT2D eigenvalue weighted by Crippen LogP contribution is -2.19. The first kappa shape index (κ1) is 15.2. The van der Waals surface area contributed by atoms with Gasteiger partial charge in [-0.25, -0.2) is 4.39 Å². The van der Waals surface area contributed by atoms with E-state index < -0.39 is 0 Å². The molecule has 0 aromatic heterocycles. The van der Waals surface area contributed by atoms with Gasteiger partial charge in [-0.1, -0.05) is 19.1 Å². The van der Waals surface area contributed by atoms with Crippen molar-refractivity contribution in [2.24, 2.45) is 0 Å². The highest BCUT2D eigenvalue weighted by molar-refractivity contribution is 7.99. The second-order valence-electron chi connectivity index (χ2n) is 5.66. The highest BCUT2D eigenvalue weighted by Crippen LogP contribution is 2.41. The Morgan fingerprint density at radius 3 is 2.68 bits per heavy atom. The molecule has 0 saturated carbocycles. The van der Waals surface area contributed by atoms with E-state index in [1.54, 1.807) is 0 Å². The third-order valence-electron chi connectivity index (χ3n) is 4.15. The lowest BCUT2D eigenvalue weighted by Gasteiger charge is -2.21. The van der Waals surface area contributed by atoms with Gasteiger partial charge in [-0.05, 0) is 54.0 Å². The van der Waals surface area contributed by atoms with Gasteiger partial charge in [-0.2, -0.15) is 0 Å². The van der Waals surface area contributed by atoms with Gasteiger partial charge in [0.2, 0.25) is 0 Å². The van der Waals surface area contributed by atoms with E-state index in [2.05, 4.69) is 24.8 Å². The summed E-state index contributed by atoms with van der Waals surface area (Å²) in [6, 6.07) is 8.97. The van der Waals surface area contributed by atoms with Crippen LogP contribution in [0.5, 0.6) is 0 Å². The molecule has 1 heterocycles. The summed E-state index contributed by atoms with van der Waals surface area (Å²) in [6.45, 7) is 6.04. The maximum Gasteiger partial charge on any atom is 0.123 e. The number of rotatable bonds is 4. The molecule has 22 heavy (non-hydrogen) atoms. The van der Waals surface area contributed by atoms with Crippen LogP contribution in [0.15, 0.2) is 35.2 Å². The Hall–Kier alpha value is -1.68. The fourth-order valence-corrected chi connectivity index (χ4v) is 3.99. The predicted molar refractivity (Wildman–Crippen MR) is 93.1 cm³/mol. The van der Waals surface area contributed by atoms with Gasteiger partial charge in [0.05, 0.1) is 0 Å². The molecule has 0 atom stereocenters. The molecule has 0 fully saturated rings. The fourth-order valence-electron chi connectivity index (χ4n) is 3.00. The molecule has 0 radical (unpaired) electrons. The molecule has 2 N–H and O–H groups in total. The number of benzene rings is 2. The summed E-state index contributed by atoms with van der Waals surface area (Å²) in [5.74, 6) is 0.841. The topological polar surface area (TPSA) is 29.3 Å². The van der Waals surface area contributed by atoms with Crippen molar-refractivity contribution in [1.82, 2.24) is 0 Å². The molecule has 3 rings (SSSR count). The van der Waals surface area contributed by atoms with Gasteiger partial charge in [0.15, 0.2) is 0 Å². The van der Waals surface area contributed by atoms with E-state index in [0.29, 0.717) is 0 Å². The quantitative estimate of drug-likeness (QED) is 0.670. The van der Waals surface area contributed by atoms with Crippen LogP contribution in [0.4, 0.5) is 15.8 Å². The molecule has 1 aliphatic heterocycles. The first-order valence-electron chi connectivity index (χ1n) is 7.64. The van der Waals surface area contributed by atoms with Crippen molar-refractivity contribution in [2.45, 2.75) is 31.7 Å². The van der Waals surface area contributed by atoms with Crippen LogP contribution >= 0.6 is 11.8 Å². The zero-order valence-corrected chi connectivity index (χ0v) is 13.8. The number of halogens is 1. The average molecular weight is 316 g/mol. The number of nitrogens with zero attached hydrogens (tertiary/aromatic N) is 1. The van der Waals surface area contributed by atoms with E-state index in [0.717, 1.165) is 42.1 Å². The van der Waals surface area contributed by atoms with Crippen molar-refractivity contribution in [3.8, 4) is 0 Å². The van der Waals surface area contributed by atoms with Crippen LogP contribution in [0, 0.1) is 12.7 Å². The van der Waals surface area contributed by atoms with Crippen LogP contribution in [-0.4, -0.2) is 12.3 Å². The summed E-state index contributed by atoms with van der Waals surface area (Å²) < 4.78 is 13.0. The number of nitrogen functional groups attached to an aromatic ring is 1. The number of thioether (sulfide) groups is 1. The third kappa shape index (κ3) is 2.80. The van der Waals surface area contributed by atoms with E-state index in [1.165, 1.54) is 28.3 Å². The van der Waals surface area contributed by atoms with Crippen molar-refractivity contribution in [1.29, 1.82) is 0 Å². The number of hydrogen-bond donors (Lipinski definition) is 1. The Balaban J connectivity index is 1.92. The van der Waals surface area contributed by atoms with E-state index in [1.807, 2.05) is 23.9 Å². The van der Waals surface area contributed by atoms with Gasteiger partial charge in [-0.3, -0.25) is 0 Å². The number of aryl methyl sites for hydroxylation is 1. The SMILES string of the molecule is CCSc1c(N)c(C)cc2c1CCN2Cc1ccc(F)cc1. The van der Waals surface area contributed by atoms with Crippen LogP contribution in [0.2, 0.25) is 0 Å². The van der Waals surface area contributed by atoms with Gasteiger partial charge in [0.1, 0.15) is 5.82 Å². The monoisotopic (exact) mass is 316 g/mol. The normalized spacial score (nSPS) is 13.5. The van der Waals surface area contributed by atoms with Crippen molar-refractivity contribution < 1.29 is 4.39 Å². The van der Waals surface area contributed by atoms with Crippen LogP contribution in [0.1, 0.15) is 23.6 Å². The second-order valence-corrected chi connectivity index (χ2v) is 6.94. The molecule has 2 aromatic carbocycles. The zero-order chi connectivity index (χ0) is 15.7. The summed E-state index contributed by atoms with van der Waals surface area (Å²) >= 11 is 1.83. The van der Waals surface area contributed by atoms with Gasteiger partial charge < -0.3 is 10.6 Å². The van der Waals surface area contributed by atoms with E-state index in [4.69, 9.17) is 5.73 Å². The Labute approximate surface area is 135 Å². The number of nitrogens with two attached hydrogens (primary N) is 1. The standard InChI is InChI=1S/C18H21FN2S/c1-3-22-18-15-8-9-21(16(15)10-12(2)17(18)20)11-13-4-6-14(19)7-5-13/h4-7,10H,3,8-9,11,20H2,1-2H3. The van der Waals surface area contributed by atoms with Crippen LogP contribution in [0.3, 0.4) is 0 Å². The van der Waals surface area contributed by atoms with Gasteiger partial charge >= 0.3 is 0 Å². The van der Waals surface area contributed by atoms with Gasteiger partial charge in [-0.15, -0.1) is 11.8 Å². The lowest BCUT2D eigenvalue weighted by molar-refractivity contribution is 0.626. The van der Waals surface area contributed by atoms with Crippen LogP contribution in [-0.2, 0) is 13.0 Å². The third-order valence-corrected chi connectivity index (χ3v) is 5.20. The zero-order valence-electron chi connectivity index (χ0n) is 13.0. The van der Waals surface area contributed by atoms with Gasteiger partial charge in [0, 0.05) is 29.4 Å². The molecule has 2 aromatic rings. The minimum Gasteiger partial charge on any atom is -0.398 e. The lowest BCUT2D eigenvalue weighted by atomic mass is 10.1.